The number of anilines is 2. The first-order valence-electron chi connectivity index (χ1n) is 14.5. The van der Waals surface area contributed by atoms with Gasteiger partial charge >= 0.3 is 6.09 Å². The van der Waals surface area contributed by atoms with Gasteiger partial charge in [0.25, 0.3) is 0 Å². The van der Waals surface area contributed by atoms with Crippen LogP contribution in [0.25, 0.3) is 10.9 Å². The molecule has 1 saturated heterocycles. The lowest BCUT2D eigenvalue weighted by Crippen LogP contribution is -2.50. The summed E-state index contributed by atoms with van der Waals surface area (Å²) in [5, 5.41) is 15.4. The molecule has 216 valence electrons. The molecule has 5 heterocycles. The van der Waals surface area contributed by atoms with Crippen molar-refractivity contribution >= 4 is 28.5 Å². The monoisotopic (exact) mass is 564 g/mol. The molecule has 4 aromatic rings. The number of carbonyl (C=O) groups is 1. The zero-order chi connectivity index (χ0) is 29.4. The summed E-state index contributed by atoms with van der Waals surface area (Å²) < 4.78 is 7.65. The first kappa shape index (κ1) is 27.5. The molecular weight excluding hydrogens is 528 g/mol. The number of amides is 1. The average Bonchev–Trinajstić information content (AvgIpc) is 3.55. The largest absolute Gasteiger partial charge is 0.444 e. The average molecular weight is 565 g/mol. The highest BCUT2D eigenvalue weighted by Crippen LogP contribution is 2.35. The van der Waals surface area contributed by atoms with Crippen LogP contribution in [0.2, 0.25) is 0 Å². The van der Waals surface area contributed by atoms with Gasteiger partial charge in [0.1, 0.15) is 17.5 Å². The third-order valence-electron chi connectivity index (χ3n) is 7.94. The van der Waals surface area contributed by atoms with E-state index in [4.69, 9.17) is 14.8 Å². The van der Waals surface area contributed by atoms with Crippen LogP contribution in [0.15, 0.2) is 48.8 Å². The number of ether oxygens (including phenoxy) is 1. The van der Waals surface area contributed by atoms with E-state index < -0.39 is 5.60 Å². The molecule has 42 heavy (non-hydrogen) atoms. The van der Waals surface area contributed by atoms with Crippen molar-refractivity contribution in [3.05, 3.63) is 76.9 Å². The number of aryl methyl sites for hydroxylation is 3. The van der Waals surface area contributed by atoms with Gasteiger partial charge in [0.05, 0.1) is 29.0 Å². The van der Waals surface area contributed by atoms with Crippen molar-refractivity contribution in [1.82, 2.24) is 24.6 Å². The van der Waals surface area contributed by atoms with Gasteiger partial charge in [0.2, 0.25) is 0 Å². The van der Waals surface area contributed by atoms with Crippen molar-refractivity contribution in [1.29, 1.82) is 5.26 Å². The molecule has 0 aliphatic carbocycles. The highest BCUT2D eigenvalue weighted by molar-refractivity contribution is 5.95. The van der Waals surface area contributed by atoms with Gasteiger partial charge in [-0.05, 0) is 70.0 Å². The van der Waals surface area contributed by atoms with Gasteiger partial charge < -0.3 is 19.4 Å². The zero-order valence-corrected chi connectivity index (χ0v) is 24.7. The Bertz CT molecular complexity index is 1660. The van der Waals surface area contributed by atoms with Gasteiger partial charge in [-0.2, -0.15) is 10.4 Å². The van der Waals surface area contributed by atoms with E-state index in [1.165, 1.54) is 11.3 Å². The fourth-order valence-electron chi connectivity index (χ4n) is 5.79. The van der Waals surface area contributed by atoms with Crippen LogP contribution in [0.3, 0.4) is 0 Å². The van der Waals surface area contributed by atoms with Crippen molar-refractivity contribution in [2.75, 3.05) is 36.0 Å². The van der Waals surface area contributed by atoms with Crippen molar-refractivity contribution in [2.45, 2.75) is 59.4 Å². The number of nitrogens with zero attached hydrogens (tertiary/aromatic N) is 8. The molecule has 6 rings (SSSR count). The van der Waals surface area contributed by atoms with E-state index >= 15 is 0 Å². The van der Waals surface area contributed by atoms with Crippen LogP contribution >= 0.6 is 0 Å². The van der Waals surface area contributed by atoms with Gasteiger partial charge in [-0.3, -0.25) is 9.67 Å². The van der Waals surface area contributed by atoms with Crippen LogP contribution in [0.5, 0.6) is 0 Å². The second kappa shape index (κ2) is 11.0. The summed E-state index contributed by atoms with van der Waals surface area (Å²) in [5.41, 5.74) is 6.67. The zero-order valence-electron chi connectivity index (χ0n) is 24.7. The molecule has 3 aromatic heterocycles. The van der Waals surface area contributed by atoms with Crippen LogP contribution in [0.4, 0.5) is 16.3 Å². The Labute approximate surface area is 246 Å². The normalized spacial score (nSPS) is 15.2. The van der Waals surface area contributed by atoms with Crippen molar-refractivity contribution in [3.63, 3.8) is 0 Å². The third kappa shape index (κ3) is 5.47. The van der Waals surface area contributed by atoms with Gasteiger partial charge in [-0.15, -0.1) is 0 Å². The number of aromatic nitrogens is 4. The van der Waals surface area contributed by atoms with E-state index in [2.05, 4.69) is 44.6 Å². The van der Waals surface area contributed by atoms with E-state index in [9.17, 15) is 10.1 Å². The van der Waals surface area contributed by atoms with Crippen LogP contribution in [-0.2, 0) is 30.8 Å². The molecule has 0 N–H and O–H groups in total. The smallest absolute Gasteiger partial charge is 0.410 e. The summed E-state index contributed by atoms with van der Waals surface area (Å²) in [7, 11) is 0. The fraction of sp³-hybridized carbons (Fsp3) is 0.406. The molecule has 0 spiro atoms. The van der Waals surface area contributed by atoms with Gasteiger partial charge in [0.15, 0.2) is 0 Å². The maximum atomic E-state index is 12.4. The molecule has 1 fully saturated rings. The summed E-state index contributed by atoms with van der Waals surface area (Å²) in [5.74, 6) is 0.929. The van der Waals surface area contributed by atoms with Crippen molar-refractivity contribution in [2.24, 2.45) is 0 Å². The molecule has 2 aliphatic heterocycles. The molecular formula is C32H36N8O2. The molecule has 10 heteroatoms. The first-order chi connectivity index (χ1) is 20.2. The molecule has 10 nitrogen and oxygen atoms in total. The predicted molar refractivity (Wildman–Crippen MR) is 161 cm³/mol. The van der Waals surface area contributed by atoms with E-state index in [0.29, 0.717) is 18.7 Å². The summed E-state index contributed by atoms with van der Waals surface area (Å²) in [6.45, 7) is 12.8. The van der Waals surface area contributed by atoms with Gasteiger partial charge in [-0.25, -0.2) is 9.78 Å². The minimum Gasteiger partial charge on any atom is -0.444 e. The van der Waals surface area contributed by atoms with Gasteiger partial charge in [0, 0.05) is 68.3 Å². The summed E-state index contributed by atoms with van der Waals surface area (Å²) >= 11 is 0. The van der Waals surface area contributed by atoms with Crippen LogP contribution < -0.4 is 9.80 Å². The van der Waals surface area contributed by atoms with Crippen molar-refractivity contribution in [3.8, 4) is 6.07 Å². The quantitative estimate of drug-likeness (QED) is 0.340. The highest BCUT2D eigenvalue weighted by Gasteiger charge is 2.28. The lowest BCUT2D eigenvalue weighted by atomic mass is 10.1. The number of hydrogen-bond acceptors (Lipinski definition) is 8. The number of benzene rings is 1. The van der Waals surface area contributed by atoms with Crippen LogP contribution in [0, 0.1) is 18.3 Å². The minimum atomic E-state index is -0.489. The van der Waals surface area contributed by atoms with E-state index in [1.54, 1.807) is 11.1 Å². The first-order valence-corrected chi connectivity index (χ1v) is 14.5. The number of hydrogen-bond donors (Lipinski definition) is 0. The highest BCUT2D eigenvalue weighted by atomic mass is 16.6. The molecule has 0 atom stereocenters. The molecule has 1 amide bonds. The maximum Gasteiger partial charge on any atom is 0.410 e. The molecule has 0 radical (unpaired) electrons. The number of fused-ring (bicyclic) bond motifs is 2. The SMILES string of the molecule is Cc1nn(CCc2ccc(N3CCN(C(=O)OC(C)(C)C)CC3)nc2)c2c1CN(c1ccc(C#N)c3ncccc13)C2. The molecule has 1 aromatic carbocycles. The summed E-state index contributed by atoms with van der Waals surface area (Å²) in [4.78, 5) is 27.9. The second-order valence-electron chi connectivity index (χ2n) is 12.0. The number of piperazine rings is 1. The molecule has 0 saturated carbocycles. The third-order valence-corrected chi connectivity index (χ3v) is 7.94. The second-order valence-corrected chi connectivity index (χ2v) is 12.0. The Balaban J connectivity index is 1.08. The number of pyridine rings is 2. The fourth-order valence-corrected chi connectivity index (χ4v) is 5.79. The number of carbonyl (C=O) groups excluding carboxylic acids is 1. The lowest BCUT2D eigenvalue weighted by molar-refractivity contribution is 0.0240. The predicted octanol–water partition coefficient (Wildman–Crippen LogP) is 4.83. The van der Waals surface area contributed by atoms with Crippen molar-refractivity contribution < 1.29 is 9.53 Å². The van der Waals surface area contributed by atoms with Gasteiger partial charge in [-0.1, -0.05) is 6.07 Å². The van der Waals surface area contributed by atoms with E-state index in [-0.39, 0.29) is 6.09 Å². The number of nitriles is 1. The molecule has 0 bridgehead atoms. The molecule has 2 aliphatic rings. The Morgan fingerprint density at radius 1 is 1.02 bits per heavy atom. The standard InChI is InChI=1S/C32H36N8O2/c1-22-26-20-39(27-9-8-24(18-33)30-25(27)6-5-12-34-30)21-28(26)40(36-22)13-11-23-7-10-29(35-19-23)37-14-16-38(17-15-37)31(41)42-32(2,3)4/h5-10,12,19H,11,13-17,20-21H2,1-4H3. The lowest BCUT2D eigenvalue weighted by Gasteiger charge is -2.36. The Kier molecular flexibility index (Phi) is 7.19. The van der Waals surface area contributed by atoms with Crippen LogP contribution in [0.1, 0.15) is 48.8 Å². The van der Waals surface area contributed by atoms with Crippen LogP contribution in [-0.4, -0.2) is 62.5 Å². The maximum absolute atomic E-state index is 12.4. The Hall–Kier alpha value is -4.65. The minimum absolute atomic E-state index is 0.254. The summed E-state index contributed by atoms with van der Waals surface area (Å²) in [6, 6.07) is 14.3. The molecule has 0 unspecified atom stereocenters. The summed E-state index contributed by atoms with van der Waals surface area (Å²) in [6.07, 6.45) is 4.27. The topological polar surface area (TPSA) is 103 Å². The van der Waals surface area contributed by atoms with E-state index in [0.717, 1.165) is 72.8 Å². The number of rotatable bonds is 5. The van der Waals surface area contributed by atoms with E-state index in [1.807, 2.05) is 51.2 Å². The Morgan fingerprint density at radius 2 is 1.83 bits per heavy atom. The Morgan fingerprint density at radius 3 is 2.55 bits per heavy atom.